The number of halogens is 1. The number of piperidine rings is 1. The lowest BCUT2D eigenvalue weighted by molar-refractivity contribution is 0.345. The summed E-state index contributed by atoms with van der Waals surface area (Å²) < 4.78 is 66.1. The molecule has 0 N–H and O–H groups in total. The van der Waals surface area contributed by atoms with E-state index in [0.29, 0.717) is 5.56 Å². The molecular weight excluding hydrogens is 401 g/mol. The van der Waals surface area contributed by atoms with Gasteiger partial charge in [-0.1, -0.05) is 6.07 Å². The topological polar surface area (TPSA) is 71.5 Å². The Hall–Kier alpha value is -1.77. The fourth-order valence-electron chi connectivity index (χ4n) is 3.55. The maximum atomic E-state index is 13.1. The van der Waals surface area contributed by atoms with Crippen LogP contribution in [-0.2, 0) is 19.9 Å². The van der Waals surface area contributed by atoms with Crippen molar-refractivity contribution in [3.05, 3.63) is 58.9 Å². The minimum Gasteiger partial charge on any atom is -0.223 e. The molecule has 0 unspecified atom stereocenters. The molecule has 152 valence electrons. The molecule has 0 aromatic heterocycles. The number of nitrogens with zero attached hydrogens (tertiary/aromatic N) is 1. The van der Waals surface area contributed by atoms with E-state index in [1.165, 1.54) is 16.4 Å². The number of hydrogen-bond donors (Lipinski definition) is 0. The lowest BCUT2D eigenvalue weighted by Gasteiger charge is -2.31. The molecule has 2 aromatic rings. The first-order chi connectivity index (χ1) is 13.0. The largest absolute Gasteiger partial charge is 0.243 e. The SMILES string of the molecule is Cc1cc(C)c(S(=O)(=O)N2CCC(S(=O)(=O)c3ccc(F)cc3)CC2)cc1C. The van der Waals surface area contributed by atoms with Crippen LogP contribution in [0.3, 0.4) is 0 Å². The summed E-state index contributed by atoms with van der Waals surface area (Å²) in [5.41, 5.74) is 2.61. The van der Waals surface area contributed by atoms with Crippen molar-refractivity contribution < 1.29 is 21.2 Å². The highest BCUT2D eigenvalue weighted by Crippen LogP contribution is 2.29. The fourth-order valence-corrected chi connectivity index (χ4v) is 7.04. The van der Waals surface area contributed by atoms with E-state index < -0.39 is 30.9 Å². The zero-order valence-corrected chi connectivity index (χ0v) is 17.8. The molecule has 0 saturated carbocycles. The molecule has 1 aliphatic rings. The lowest BCUT2D eigenvalue weighted by Crippen LogP contribution is -2.42. The van der Waals surface area contributed by atoms with Crippen LogP contribution in [-0.4, -0.2) is 39.5 Å². The Morgan fingerprint density at radius 1 is 0.857 bits per heavy atom. The molecule has 0 atom stereocenters. The summed E-state index contributed by atoms with van der Waals surface area (Å²) in [4.78, 5) is 0.343. The van der Waals surface area contributed by atoms with Gasteiger partial charge in [-0.25, -0.2) is 21.2 Å². The van der Waals surface area contributed by atoms with Crippen molar-refractivity contribution in [2.24, 2.45) is 0 Å². The maximum Gasteiger partial charge on any atom is 0.243 e. The van der Waals surface area contributed by atoms with Gasteiger partial charge in [0.15, 0.2) is 9.84 Å². The number of benzene rings is 2. The molecule has 0 amide bonds. The van der Waals surface area contributed by atoms with Crippen LogP contribution in [0.4, 0.5) is 4.39 Å². The van der Waals surface area contributed by atoms with Gasteiger partial charge in [0, 0.05) is 13.1 Å². The van der Waals surface area contributed by atoms with Gasteiger partial charge >= 0.3 is 0 Å². The third kappa shape index (κ3) is 3.86. The third-order valence-corrected chi connectivity index (χ3v) is 9.71. The molecule has 2 aromatic carbocycles. The molecule has 3 rings (SSSR count). The Morgan fingerprint density at radius 3 is 1.96 bits per heavy atom. The van der Waals surface area contributed by atoms with E-state index >= 15 is 0 Å². The molecule has 1 saturated heterocycles. The Labute approximate surface area is 166 Å². The summed E-state index contributed by atoms with van der Waals surface area (Å²) in [6.07, 6.45) is 0.422. The predicted octanol–water partition coefficient (Wildman–Crippen LogP) is 3.38. The van der Waals surface area contributed by atoms with Gasteiger partial charge in [-0.2, -0.15) is 4.31 Å². The normalized spacial score (nSPS) is 17.0. The summed E-state index contributed by atoms with van der Waals surface area (Å²) >= 11 is 0. The Balaban J connectivity index is 1.80. The molecule has 5 nitrogen and oxygen atoms in total. The Kier molecular flexibility index (Phi) is 5.67. The highest BCUT2D eigenvalue weighted by Gasteiger charge is 2.36. The molecule has 0 spiro atoms. The van der Waals surface area contributed by atoms with Gasteiger partial charge in [0.1, 0.15) is 5.82 Å². The number of sulfone groups is 1. The Bertz CT molecular complexity index is 1090. The van der Waals surface area contributed by atoms with Gasteiger partial charge < -0.3 is 0 Å². The van der Waals surface area contributed by atoms with Gasteiger partial charge in [-0.3, -0.25) is 0 Å². The zero-order valence-electron chi connectivity index (χ0n) is 16.1. The quantitative estimate of drug-likeness (QED) is 0.704. The number of rotatable bonds is 4. The summed E-state index contributed by atoms with van der Waals surface area (Å²) in [7, 11) is -7.30. The molecule has 1 fully saturated rings. The van der Waals surface area contributed by atoms with Gasteiger partial charge in [-0.05, 0) is 80.6 Å². The van der Waals surface area contributed by atoms with Crippen molar-refractivity contribution in [3.8, 4) is 0 Å². The monoisotopic (exact) mass is 425 g/mol. The molecule has 8 heteroatoms. The van der Waals surface area contributed by atoms with Crippen molar-refractivity contribution in [3.63, 3.8) is 0 Å². The van der Waals surface area contributed by atoms with E-state index in [0.717, 1.165) is 23.3 Å². The van der Waals surface area contributed by atoms with Gasteiger partial charge in [0.25, 0.3) is 0 Å². The molecule has 1 heterocycles. The fraction of sp³-hybridized carbons (Fsp3) is 0.400. The van der Waals surface area contributed by atoms with Crippen molar-refractivity contribution in [2.45, 2.75) is 48.7 Å². The number of hydrogen-bond acceptors (Lipinski definition) is 4. The van der Waals surface area contributed by atoms with Crippen molar-refractivity contribution in [1.82, 2.24) is 4.31 Å². The minimum absolute atomic E-state index is 0.0696. The highest BCUT2D eigenvalue weighted by molar-refractivity contribution is 7.92. The van der Waals surface area contributed by atoms with Crippen LogP contribution >= 0.6 is 0 Å². The molecule has 0 aliphatic carbocycles. The molecule has 0 bridgehead atoms. The summed E-state index contributed by atoms with van der Waals surface area (Å²) in [5, 5.41) is -0.676. The molecular formula is C20H24FNO4S2. The second-order valence-corrected chi connectivity index (χ2v) is 11.4. The molecule has 28 heavy (non-hydrogen) atoms. The van der Waals surface area contributed by atoms with E-state index in [9.17, 15) is 21.2 Å². The van der Waals surface area contributed by atoms with Gasteiger partial charge in [0.2, 0.25) is 10.0 Å². The second kappa shape index (κ2) is 7.57. The van der Waals surface area contributed by atoms with E-state index in [1.807, 2.05) is 19.9 Å². The van der Waals surface area contributed by atoms with Crippen LogP contribution in [0.15, 0.2) is 46.2 Å². The summed E-state index contributed by atoms with van der Waals surface area (Å²) in [5.74, 6) is -0.497. The highest BCUT2D eigenvalue weighted by atomic mass is 32.2. The third-order valence-electron chi connectivity index (χ3n) is 5.39. The average molecular weight is 426 g/mol. The van der Waals surface area contributed by atoms with Gasteiger partial charge in [-0.15, -0.1) is 0 Å². The van der Waals surface area contributed by atoms with Crippen molar-refractivity contribution >= 4 is 19.9 Å². The summed E-state index contributed by atoms with van der Waals surface area (Å²) in [6.45, 7) is 5.85. The minimum atomic E-state index is -3.68. The van der Waals surface area contributed by atoms with Crippen molar-refractivity contribution in [1.29, 1.82) is 0 Å². The van der Waals surface area contributed by atoms with E-state index in [4.69, 9.17) is 0 Å². The number of aryl methyl sites for hydroxylation is 3. The van der Waals surface area contributed by atoms with Crippen LogP contribution in [0.2, 0.25) is 0 Å². The smallest absolute Gasteiger partial charge is 0.223 e. The first-order valence-electron chi connectivity index (χ1n) is 9.11. The molecule has 1 aliphatic heterocycles. The standard InChI is InChI=1S/C20H24FNO4S2/c1-14-12-16(3)20(13-15(14)2)28(25,26)22-10-8-19(9-11-22)27(23,24)18-6-4-17(21)5-7-18/h4-7,12-13,19H,8-11H2,1-3H3. The van der Waals surface area contributed by atoms with E-state index in [-0.39, 0.29) is 35.7 Å². The van der Waals surface area contributed by atoms with Gasteiger partial charge in [0.05, 0.1) is 15.0 Å². The van der Waals surface area contributed by atoms with Crippen molar-refractivity contribution in [2.75, 3.05) is 13.1 Å². The van der Waals surface area contributed by atoms with Crippen LogP contribution in [0, 0.1) is 26.6 Å². The van der Waals surface area contributed by atoms with Crippen LogP contribution in [0.5, 0.6) is 0 Å². The maximum absolute atomic E-state index is 13.1. The Morgan fingerprint density at radius 2 is 1.39 bits per heavy atom. The van der Waals surface area contributed by atoms with E-state index in [1.54, 1.807) is 13.0 Å². The first-order valence-corrected chi connectivity index (χ1v) is 12.1. The van der Waals surface area contributed by atoms with E-state index in [2.05, 4.69) is 0 Å². The zero-order chi connectivity index (χ0) is 20.7. The van der Waals surface area contributed by atoms with Crippen LogP contribution < -0.4 is 0 Å². The van der Waals surface area contributed by atoms with Crippen LogP contribution in [0.1, 0.15) is 29.5 Å². The lowest BCUT2D eigenvalue weighted by atomic mass is 10.1. The summed E-state index contributed by atoms with van der Waals surface area (Å²) in [6, 6.07) is 8.29. The molecule has 0 radical (unpaired) electrons. The number of sulfonamides is 1. The van der Waals surface area contributed by atoms with Crippen LogP contribution in [0.25, 0.3) is 0 Å². The first kappa shape index (κ1) is 21.0. The predicted molar refractivity (Wildman–Crippen MR) is 106 cm³/mol. The second-order valence-electron chi connectivity index (χ2n) is 7.30. The average Bonchev–Trinajstić information content (AvgIpc) is 2.65.